The lowest BCUT2D eigenvalue weighted by molar-refractivity contribution is 0.104. The Morgan fingerprint density at radius 2 is 1.48 bits per heavy atom. The van der Waals surface area contributed by atoms with Crippen LogP contribution in [0.25, 0.3) is 28.2 Å². The summed E-state index contributed by atoms with van der Waals surface area (Å²) >= 11 is 0. The highest BCUT2D eigenvalue weighted by molar-refractivity contribution is 6.07. The largest absolute Gasteiger partial charge is 0.422 e. The molecule has 0 saturated carbocycles. The van der Waals surface area contributed by atoms with E-state index in [0.717, 1.165) is 16.5 Å². The summed E-state index contributed by atoms with van der Waals surface area (Å²) in [5.74, 6) is -0.0871. The van der Waals surface area contributed by atoms with Crippen molar-refractivity contribution in [2.24, 2.45) is 0 Å². The highest BCUT2D eigenvalue weighted by atomic mass is 16.4. The van der Waals surface area contributed by atoms with Gasteiger partial charge in [-0.15, -0.1) is 0 Å². The summed E-state index contributed by atoms with van der Waals surface area (Å²) in [5.41, 5.74) is 2.76. The van der Waals surface area contributed by atoms with Gasteiger partial charge in [0.2, 0.25) is 0 Å². The first-order valence-corrected chi connectivity index (χ1v) is 8.62. The number of carbonyl (C=O) groups is 1. The monoisotopic (exact) mass is 352 g/mol. The fourth-order valence-electron chi connectivity index (χ4n) is 3.00. The number of para-hydroxylation sites is 1. The lowest BCUT2D eigenvalue weighted by Gasteiger charge is -2.06. The van der Waals surface area contributed by atoms with Gasteiger partial charge in [0.05, 0.1) is 5.56 Å². The minimum Gasteiger partial charge on any atom is -0.422 e. The van der Waals surface area contributed by atoms with Crippen LogP contribution in [0.2, 0.25) is 0 Å². The molecule has 130 valence electrons. The predicted molar refractivity (Wildman–Crippen MR) is 108 cm³/mol. The van der Waals surface area contributed by atoms with E-state index in [1.807, 2.05) is 66.7 Å². The molecule has 3 aromatic carbocycles. The maximum absolute atomic E-state index is 12.5. The van der Waals surface area contributed by atoms with Gasteiger partial charge in [-0.1, -0.05) is 78.9 Å². The molecule has 3 nitrogen and oxygen atoms in total. The van der Waals surface area contributed by atoms with Gasteiger partial charge in [-0.25, -0.2) is 4.79 Å². The van der Waals surface area contributed by atoms with Crippen LogP contribution in [-0.2, 0) is 0 Å². The van der Waals surface area contributed by atoms with Crippen molar-refractivity contribution < 1.29 is 9.21 Å². The number of benzene rings is 3. The Balaban J connectivity index is 1.76. The molecular weight excluding hydrogens is 336 g/mol. The third kappa shape index (κ3) is 3.48. The predicted octanol–water partition coefficient (Wildman–Crippen LogP) is 5.36. The van der Waals surface area contributed by atoms with Crippen LogP contribution in [0, 0.1) is 0 Å². The zero-order chi connectivity index (χ0) is 18.6. The summed E-state index contributed by atoms with van der Waals surface area (Å²) in [7, 11) is 0. The van der Waals surface area contributed by atoms with E-state index < -0.39 is 5.63 Å². The van der Waals surface area contributed by atoms with Crippen molar-refractivity contribution >= 4 is 22.8 Å². The zero-order valence-electron chi connectivity index (χ0n) is 14.5. The van der Waals surface area contributed by atoms with E-state index in [2.05, 4.69) is 0 Å². The minimum absolute atomic E-state index is 0.0871. The number of rotatable bonds is 4. The third-order valence-electron chi connectivity index (χ3n) is 4.36. The molecule has 0 aliphatic rings. The summed E-state index contributed by atoms with van der Waals surface area (Å²) in [5, 5.41) is 0.853. The highest BCUT2D eigenvalue weighted by Crippen LogP contribution is 2.25. The van der Waals surface area contributed by atoms with Crippen molar-refractivity contribution in [2.75, 3.05) is 0 Å². The average Bonchev–Trinajstić information content (AvgIpc) is 2.72. The van der Waals surface area contributed by atoms with Crippen LogP contribution in [0.15, 0.2) is 100 Å². The summed E-state index contributed by atoms with van der Waals surface area (Å²) in [6.07, 6.45) is 3.26. The fraction of sp³-hybridized carbons (Fsp3) is 0. The maximum atomic E-state index is 12.5. The molecule has 0 radical (unpaired) electrons. The Hall–Kier alpha value is -3.72. The van der Waals surface area contributed by atoms with E-state index in [1.165, 1.54) is 6.08 Å². The molecule has 0 saturated heterocycles. The van der Waals surface area contributed by atoms with E-state index in [-0.39, 0.29) is 5.78 Å². The molecule has 0 amide bonds. The number of hydrogen-bond donors (Lipinski definition) is 0. The Labute approximate surface area is 156 Å². The van der Waals surface area contributed by atoms with Crippen molar-refractivity contribution in [3.05, 3.63) is 113 Å². The molecule has 0 atom stereocenters. The summed E-state index contributed by atoms with van der Waals surface area (Å²) in [6.45, 7) is 0. The van der Waals surface area contributed by atoms with E-state index in [9.17, 15) is 9.59 Å². The van der Waals surface area contributed by atoms with Crippen LogP contribution in [0.1, 0.15) is 15.9 Å². The quantitative estimate of drug-likeness (QED) is 0.282. The van der Waals surface area contributed by atoms with Crippen LogP contribution in [0.5, 0.6) is 0 Å². The molecule has 0 N–H and O–H groups in total. The molecule has 4 rings (SSSR count). The zero-order valence-corrected chi connectivity index (χ0v) is 14.5. The average molecular weight is 352 g/mol. The van der Waals surface area contributed by atoms with Gasteiger partial charge in [-0.05, 0) is 29.3 Å². The van der Waals surface area contributed by atoms with Gasteiger partial charge in [-0.2, -0.15) is 0 Å². The normalized spacial score (nSPS) is 11.1. The van der Waals surface area contributed by atoms with Crippen molar-refractivity contribution in [2.45, 2.75) is 0 Å². The number of allylic oxidation sites excluding steroid dienone is 1. The molecule has 0 aliphatic carbocycles. The van der Waals surface area contributed by atoms with Crippen molar-refractivity contribution in [3.8, 4) is 11.1 Å². The third-order valence-corrected chi connectivity index (χ3v) is 4.36. The van der Waals surface area contributed by atoms with Crippen molar-refractivity contribution in [1.29, 1.82) is 0 Å². The molecule has 27 heavy (non-hydrogen) atoms. The molecule has 0 unspecified atom stereocenters. The molecule has 3 heteroatoms. The van der Waals surface area contributed by atoms with E-state index in [4.69, 9.17) is 4.42 Å². The minimum atomic E-state index is -0.399. The Morgan fingerprint density at radius 3 is 2.33 bits per heavy atom. The number of carbonyl (C=O) groups excluding carboxylic acids is 1. The Kier molecular flexibility index (Phi) is 4.50. The first-order chi connectivity index (χ1) is 13.2. The smallest absolute Gasteiger partial charge is 0.344 e. The van der Waals surface area contributed by atoms with Crippen LogP contribution < -0.4 is 5.63 Å². The van der Waals surface area contributed by atoms with Crippen LogP contribution in [0.3, 0.4) is 0 Å². The van der Waals surface area contributed by atoms with Gasteiger partial charge in [0.15, 0.2) is 5.78 Å². The summed E-state index contributed by atoms with van der Waals surface area (Å²) < 4.78 is 5.45. The number of hydrogen-bond acceptors (Lipinski definition) is 3. The molecule has 1 heterocycles. The standard InChI is InChI=1S/C24H16O3/c25-22(18-9-2-1-3-10-18)15-14-17-8-4-6-12-20(17)21-16-19-11-5-7-13-23(19)27-24(21)26/h1-16H/b15-14+. The first-order valence-electron chi connectivity index (χ1n) is 8.62. The maximum Gasteiger partial charge on any atom is 0.344 e. The van der Waals surface area contributed by atoms with E-state index in [1.54, 1.807) is 24.3 Å². The summed E-state index contributed by atoms with van der Waals surface area (Å²) in [6, 6.07) is 25.8. The molecule has 1 aromatic heterocycles. The molecule has 0 bridgehead atoms. The first kappa shape index (κ1) is 16.7. The highest BCUT2D eigenvalue weighted by Gasteiger charge is 2.10. The molecule has 0 aliphatic heterocycles. The lowest BCUT2D eigenvalue weighted by Crippen LogP contribution is -2.03. The topological polar surface area (TPSA) is 47.3 Å². The molecule has 0 spiro atoms. The molecule has 4 aromatic rings. The number of ketones is 1. The van der Waals surface area contributed by atoms with Crippen LogP contribution in [0.4, 0.5) is 0 Å². The lowest BCUT2D eigenvalue weighted by atomic mass is 9.99. The van der Waals surface area contributed by atoms with Gasteiger partial charge in [0, 0.05) is 10.9 Å². The summed E-state index contributed by atoms with van der Waals surface area (Å²) in [4.78, 5) is 24.8. The van der Waals surface area contributed by atoms with Crippen molar-refractivity contribution in [1.82, 2.24) is 0 Å². The van der Waals surface area contributed by atoms with Gasteiger partial charge in [-0.3, -0.25) is 4.79 Å². The second kappa shape index (κ2) is 7.26. The Bertz CT molecular complexity index is 1200. The van der Waals surface area contributed by atoms with Crippen molar-refractivity contribution in [3.63, 3.8) is 0 Å². The SMILES string of the molecule is O=C(/C=C/c1ccccc1-c1cc2ccccc2oc1=O)c1ccccc1. The Morgan fingerprint density at radius 1 is 0.778 bits per heavy atom. The molecule has 0 fully saturated rings. The second-order valence-corrected chi connectivity index (χ2v) is 6.14. The van der Waals surface area contributed by atoms with Gasteiger partial charge < -0.3 is 4.42 Å². The number of fused-ring (bicyclic) bond motifs is 1. The van der Waals surface area contributed by atoms with E-state index >= 15 is 0 Å². The second-order valence-electron chi connectivity index (χ2n) is 6.14. The van der Waals surface area contributed by atoms with Crippen LogP contribution in [-0.4, -0.2) is 5.78 Å². The fourth-order valence-corrected chi connectivity index (χ4v) is 3.00. The van der Waals surface area contributed by atoms with Gasteiger partial charge in [0.1, 0.15) is 5.58 Å². The molecular formula is C24H16O3. The van der Waals surface area contributed by atoms with Gasteiger partial charge >= 0.3 is 5.63 Å². The van der Waals surface area contributed by atoms with Crippen LogP contribution >= 0.6 is 0 Å². The van der Waals surface area contributed by atoms with Gasteiger partial charge in [0.25, 0.3) is 0 Å². The van der Waals surface area contributed by atoms with E-state index in [0.29, 0.717) is 16.7 Å².